The van der Waals surface area contributed by atoms with E-state index in [2.05, 4.69) is 21.7 Å². The van der Waals surface area contributed by atoms with E-state index < -0.39 is 0 Å². The van der Waals surface area contributed by atoms with Gasteiger partial charge in [0.15, 0.2) is 0 Å². The Hall–Kier alpha value is -1.29. The minimum Gasteiger partial charge on any atom is -0.335 e. The van der Waals surface area contributed by atoms with Gasteiger partial charge in [-0.25, -0.2) is 4.98 Å². The first kappa shape index (κ1) is 14.6. The standard InChI is InChI=1S/C16H14Cl2N2S/c1-11-19-7-9-20(11)8-6-12-2-3-13(10-14(12)17)15-4-5-16(18)21-15/h2-5,7,9-10H,6,8H2,1H3. The average Bonchev–Trinajstić information content (AvgIpc) is 3.06. The van der Waals surface area contributed by atoms with E-state index in [1.54, 1.807) is 11.3 Å². The zero-order valence-corrected chi connectivity index (χ0v) is 13.8. The van der Waals surface area contributed by atoms with E-state index in [0.29, 0.717) is 0 Å². The third kappa shape index (κ3) is 3.31. The number of hydrogen-bond acceptors (Lipinski definition) is 2. The SMILES string of the molecule is Cc1nccn1CCc1ccc(-c2ccc(Cl)s2)cc1Cl. The van der Waals surface area contributed by atoms with Crippen molar-refractivity contribution in [3.05, 3.63) is 63.5 Å². The summed E-state index contributed by atoms with van der Waals surface area (Å²) in [7, 11) is 0. The number of nitrogens with zero attached hydrogens (tertiary/aromatic N) is 2. The van der Waals surface area contributed by atoms with Crippen LogP contribution >= 0.6 is 34.5 Å². The molecule has 0 aliphatic rings. The molecule has 0 saturated heterocycles. The van der Waals surface area contributed by atoms with Crippen molar-refractivity contribution in [3.63, 3.8) is 0 Å². The zero-order valence-electron chi connectivity index (χ0n) is 11.5. The average molecular weight is 337 g/mol. The minimum absolute atomic E-state index is 0.792. The summed E-state index contributed by atoms with van der Waals surface area (Å²) in [6.07, 6.45) is 4.70. The van der Waals surface area contributed by atoms with E-state index in [4.69, 9.17) is 23.2 Å². The maximum Gasteiger partial charge on any atom is 0.105 e. The van der Waals surface area contributed by atoms with E-state index >= 15 is 0 Å². The van der Waals surface area contributed by atoms with Crippen LogP contribution in [-0.2, 0) is 13.0 Å². The van der Waals surface area contributed by atoms with E-state index in [1.165, 1.54) is 0 Å². The lowest BCUT2D eigenvalue weighted by Crippen LogP contribution is -2.02. The second kappa shape index (κ2) is 6.22. The van der Waals surface area contributed by atoms with Gasteiger partial charge in [0.2, 0.25) is 0 Å². The highest BCUT2D eigenvalue weighted by Crippen LogP contribution is 2.33. The van der Waals surface area contributed by atoms with Gasteiger partial charge >= 0.3 is 0 Å². The number of aromatic nitrogens is 2. The molecule has 21 heavy (non-hydrogen) atoms. The summed E-state index contributed by atoms with van der Waals surface area (Å²) in [6.45, 7) is 2.89. The quantitative estimate of drug-likeness (QED) is 0.617. The fourth-order valence-electron chi connectivity index (χ4n) is 2.25. The van der Waals surface area contributed by atoms with Gasteiger partial charge in [0, 0.05) is 28.8 Å². The minimum atomic E-state index is 0.792. The van der Waals surface area contributed by atoms with Crippen molar-refractivity contribution in [3.8, 4) is 10.4 Å². The monoisotopic (exact) mass is 336 g/mol. The summed E-state index contributed by atoms with van der Waals surface area (Å²) in [5.74, 6) is 1.02. The first-order valence-electron chi connectivity index (χ1n) is 6.65. The Morgan fingerprint density at radius 1 is 1.19 bits per heavy atom. The Kier molecular flexibility index (Phi) is 4.34. The molecule has 0 saturated carbocycles. The first-order chi connectivity index (χ1) is 10.1. The molecule has 1 aromatic carbocycles. The molecular weight excluding hydrogens is 323 g/mol. The smallest absolute Gasteiger partial charge is 0.105 e. The molecule has 5 heteroatoms. The molecule has 0 radical (unpaired) electrons. The molecule has 108 valence electrons. The highest BCUT2D eigenvalue weighted by Gasteiger charge is 2.07. The number of imidazole rings is 1. The molecule has 2 heterocycles. The number of aryl methyl sites for hydroxylation is 3. The van der Waals surface area contributed by atoms with Crippen molar-refractivity contribution in [1.29, 1.82) is 0 Å². The second-order valence-electron chi connectivity index (χ2n) is 4.83. The zero-order chi connectivity index (χ0) is 14.8. The molecule has 0 fully saturated rings. The molecule has 0 unspecified atom stereocenters. The van der Waals surface area contributed by atoms with E-state index in [0.717, 1.165) is 44.2 Å². The van der Waals surface area contributed by atoms with Crippen molar-refractivity contribution in [2.45, 2.75) is 19.9 Å². The second-order valence-corrected chi connectivity index (χ2v) is 6.95. The summed E-state index contributed by atoms with van der Waals surface area (Å²) in [5, 5.41) is 0.801. The Morgan fingerprint density at radius 3 is 2.67 bits per heavy atom. The van der Waals surface area contributed by atoms with E-state index in [1.807, 2.05) is 37.5 Å². The lowest BCUT2D eigenvalue weighted by Gasteiger charge is -2.08. The largest absolute Gasteiger partial charge is 0.335 e. The van der Waals surface area contributed by atoms with Gasteiger partial charge in [-0.3, -0.25) is 0 Å². The Labute approximate surface area is 138 Å². The van der Waals surface area contributed by atoms with Crippen LogP contribution < -0.4 is 0 Å². The van der Waals surface area contributed by atoms with Crippen molar-refractivity contribution < 1.29 is 0 Å². The molecule has 0 N–H and O–H groups in total. The lowest BCUT2D eigenvalue weighted by molar-refractivity contribution is 0.673. The van der Waals surface area contributed by atoms with E-state index in [9.17, 15) is 0 Å². The molecule has 0 atom stereocenters. The first-order valence-corrected chi connectivity index (χ1v) is 8.22. The molecule has 0 spiro atoms. The fraction of sp³-hybridized carbons (Fsp3) is 0.188. The summed E-state index contributed by atoms with van der Waals surface area (Å²) in [5.41, 5.74) is 2.26. The van der Waals surface area contributed by atoms with Crippen LogP contribution in [0.2, 0.25) is 9.36 Å². The van der Waals surface area contributed by atoms with Crippen molar-refractivity contribution in [1.82, 2.24) is 9.55 Å². The van der Waals surface area contributed by atoms with Gasteiger partial charge in [-0.15, -0.1) is 11.3 Å². The normalized spacial score (nSPS) is 11.0. The van der Waals surface area contributed by atoms with Gasteiger partial charge in [0.1, 0.15) is 5.82 Å². The molecule has 3 aromatic rings. The molecular formula is C16H14Cl2N2S. The Bertz CT molecular complexity index is 761. The van der Waals surface area contributed by atoms with Crippen LogP contribution in [0, 0.1) is 6.92 Å². The summed E-state index contributed by atoms with van der Waals surface area (Å²) < 4.78 is 2.92. The number of thiophene rings is 1. The fourth-order valence-corrected chi connectivity index (χ4v) is 3.57. The molecule has 2 nitrogen and oxygen atoms in total. The third-order valence-corrected chi connectivity index (χ3v) is 5.09. The molecule has 0 amide bonds. The summed E-state index contributed by atoms with van der Waals surface area (Å²) in [6, 6.07) is 10.1. The van der Waals surface area contributed by atoms with Gasteiger partial charge in [-0.05, 0) is 42.7 Å². The van der Waals surface area contributed by atoms with Gasteiger partial charge in [-0.2, -0.15) is 0 Å². The van der Waals surface area contributed by atoms with Crippen LogP contribution in [0.3, 0.4) is 0 Å². The van der Waals surface area contributed by atoms with Crippen LogP contribution in [0.1, 0.15) is 11.4 Å². The van der Waals surface area contributed by atoms with Crippen LogP contribution in [-0.4, -0.2) is 9.55 Å². The number of benzene rings is 1. The predicted molar refractivity (Wildman–Crippen MR) is 90.4 cm³/mol. The number of hydrogen-bond donors (Lipinski definition) is 0. The van der Waals surface area contributed by atoms with Gasteiger partial charge in [-0.1, -0.05) is 35.3 Å². The third-order valence-electron chi connectivity index (χ3n) is 3.46. The number of halogens is 2. The molecule has 0 bridgehead atoms. The van der Waals surface area contributed by atoms with Gasteiger partial charge in [0.05, 0.1) is 4.34 Å². The molecule has 3 rings (SSSR count). The number of rotatable bonds is 4. The highest BCUT2D eigenvalue weighted by atomic mass is 35.5. The molecule has 0 aliphatic carbocycles. The van der Waals surface area contributed by atoms with Crippen molar-refractivity contribution in [2.75, 3.05) is 0 Å². The van der Waals surface area contributed by atoms with Gasteiger partial charge in [0.25, 0.3) is 0 Å². The van der Waals surface area contributed by atoms with Crippen molar-refractivity contribution in [2.24, 2.45) is 0 Å². The predicted octanol–water partition coefficient (Wildman–Crippen LogP) is 5.47. The van der Waals surface area contributed by atoms with Crippen LogP contribution in [0.4, 0.5) is 0 Å². The topological polar surface area (TPSA) is 17.8 Å². The highest BCUT2D eigenvalue weighted by molar-refractivity contribution is 7.19. The maximum absolute atomic E-state index is 6.41. The summed E-state index contributed by atoms with van der Waals surface area (Å²) in [4.78, 5) is 5.36. The van der Waals surface area contributed by atoms with Crippen LogP contribution in [0.25, 0.3) is 10.4 Å². The summed E-state index contributed by atoms with van der Waals surface area (Å²) >= 11 is 14.0. The van der Waals surface area contributed by atoms with Crippen LogP contribution in [0.5, 0.6) is 0 Å². The van der Waals surface area contributed by atoms with Crippen LogP contribution in [0.15, 0.2) is 42.7 Å². The van der Waals surface area contributed by atoms with E-state index in [-0.39, 0.29) is 0 Å². The van der Waals surface area contributed by atoms with Crippen molar-refractivity contribution >= 4 is 34.5 Å². The molecule has 0 aliphatic heterocycles. The Morgan fingerprint density at radius 2 is 2.05 bits per heavy atom. The maximum atomic E-state index is 6.41. The lowest BCUT2D eigenvalue weighted by atomic mass is 10.1. The Balaban J connectivity index is 1.77. The van der Waals surface area contributed by atoms with Gasteiger partial charge < -0.3 is 4.57 Å². The molecule has 2 aromatic heterocycles.